The van der Waals surface area contributed by atoms with Gasteiger partial charge in [0.25, 0.3) is 0 Å². The summed E-state index contributed by atoms with van der Waals surface area (Å²) in [6.07, 6.45) is 5.14. The standard InChI is InChI=1S/C18H28N2/c1-4-14-10-9-13(3)20(14)17-11-12(2)15-7-5-6-8-16(15)18(17)19/h5-8,12-14,17-18H,4,9-11,19H2,1-3H3. The third-order valence-corrected chi connectivity index (χ3v) is 5.60. The van der Waals surface area contributed by atoms with Crippen LogP contribution in [0.25, 0.3) is 0 Å². The van der Waals surface area contributed by atoms with Crippen LogP contribution >= 0.6 is 0 Å². The largest absolute Gasteiger partial charge is 0.323 e. The number of likely N-dealkylation sites (tertiary alicyclic amines) is 1. The molecule has 0 radical (unpaired) electrons. The van der Waals surface area contributed by atoms with Crippen molar-refractivity contribution >= 4 is 0 Å². The summed E-state index contributed by atoms with van der Waals surface area (Å²) in [4.78, 5) is 2.75. The monoisotopic (exact) mass is 272 g/mol. The van der Waals surface area contributed by atoms with Crippen molar-refractivity contribution in [3.05, 3.63) is 35.4 Å². The zero-order valence-electron chi connectivity index (χ0n) is 13.0. The molecule has 1 aromatic rings. The molecule has 1 aliphatic heterocycles. The lowest BCUT2D eigenvalue weighted by atomic mass is 9.77. The van der Waals surface area contributed by atoms with E-state index in [0.29, 0.717) is 18.0 Å². The number of nitrogens with zero attached hydrogens (tertiary/aromatic N) is 1. The van der Waals surface area contributed by atoms with Crippen molar-refractivity contribution in [2.24, 2.45) is 5.73 Å². The highest BCUT2D eigenvalue weighted by Crippen LogP contribution is 2.42. The van der Waals surface area contributed by atoms with Gasteiger partial charge in [-0.3, -0.25) is 4.90 Å². The minimum absolute atomic E-state index is 0.178. The number of hydrogen-bond donors (Lipinski definition) is 1. The lowest BCUT2D eigenvalue weighted by molar-refractivity contribution is 0.0958. The van der Waals surface area contributed by atoms with Crippen LogP contribution in [0.4, 0.5) is 0 Å². The van der Waals surface area contributed by atoms with Crippen molar-refractivity contribution in [3.8, 4) is 0 Å². The Labute approximate surface area is 123 Å². The summed E-state index contributed by atoms with van der Waals surface area (Å²) in [6, 6.07) is 10.9. The first-order valence-corrected chi connectivity index (χ1v) is 8.25. The van der Waals surface area contributed by atoms with Gasteiger partial charge in [-0.05, 0) is 49.7 Å². The molecule has 110 valence electrons. The van der Waals surface area contributed by atoms with Gasteiger partial charge in [0, 0.05) is 24.2 Å². The van der Waals surface area contributed by atoms with E-state index in [1.165, 1.54) is 36.8 Å². The molecule has 0 spiro atoms. The predicted molar refractivity (Wildman–Crippen MR) is 84.8 cm³/mol. The highest BCUT2D eigenvalue weighted by Gasteiger charge is 2.41. The molecule has 0 bridgehead atoms. The first kappa shape index (κ1) is 14.1. The van der Waals surface area contributed by atoms with Gasteiger partial charge in [0.1, 0.15) is 0 Å². The summed E-state index contributed by atoms with van der Waals surface area (Å²) in [7, 11) is 0. The molecule has 2 nitrogen and oxygen atoms in total. The Morgan fingerprint density at radius 2 is 1.85 bits per heavy atom. The molecule has 2 N–H and O–H groups in total. The SMILES string of the molecule is CCC1CCC(C)N1C1CC(C)c2ccccc2C1N. The van der Waals surface area contributed by atoms with Crippen LogP contribution in [0.15, 0.2) is 24.3 Å². The second kappa shape index (κ2) is 5.50. The number of hydrogen-bond acceptors (Lipinski definition) is 2. The molecule has 1 saturated heterocycles. The van der Waals surface area contributed by atoms with Crippen LogP contribution in [0.5, 0.6) is 0 Å². The summed E-state index contributed by atoms with van der Waals surface area (Å²) in [6.45, 7) is 7.06. The Balaban J connectivity index is 1.92. The van der Waals surface area contributed by atoms with E-state index in [9.17, 15) is 0 Å². The third-order valence-electron chi connectivity index (χ3n) is 5.60. The number of benzene rings is 1. The van der Waals surface area contributed by atoms with Crippen LogP contribution in [0.3, 0.4) is 0 Å². The van der Waals surface area contributed by atoms with Gasteiger partial charge in [0.2, 0.25) is 0 Å². The van der Waals surface area contributed by atoms with Crippen molar-refractivity contribution < 1.29 is 0 Å². The summed E-state index contributed by atoms with van der Waals surface area (Å²) in [5.74, 6) is 0.626. The quantitative estimate of drug-likeness (QED) is 0.886. The zero-order chi connectivity index (χ0) is 14.3. The fraction of sp³-hybridized carbons (Fsp3) is 0.667. The summed E-state index contributed by atoms with van der Waals surface area (Å²) in [5, 5.41) is 0. The van der Waals surface area contributed by atoms with Gasteiger partial charge in [-0.1, -0.05) is 38.1 Å². The Morgan fingerprint density at radius 3 is 2.55 bits per heavy atom. The minimum Gasteiger partial charge on any atom is -0.323 e. The van der Waals surface area contributed by atoms with Crippen LogP contribution in [0.2, 0.25) is 0 Å². The molecule has 1 heterocycles. The summed E-state index contributed by atoms with van der Waals surface area (Å²) >= 11 is 0. The topological polar surface area (TPSA) is 29.3 Å². The fourth-order valence-electron chi connectivity index (χ4n) is 4.52. The lowest BCUT2D eigenvalue weighted by Gasteiger charge is -2.44. The van der Waals surface area contributed by atoms with Gasteiger partial charge in [0.15, 0.2) is 0 Å². The van der Waals surface area contributed by atoms with Gasteiger partial charge in [-0.25, -0.2) is 0 Å². The number of fused-ring (bicyclic) bond motifs is 1. The molecule has 2 aliphatic rings. The fourth-order valence-corrected chi connectivity index (χ4v) is 4.52. The van der Waals surface area contributed by atoms with E-state index >= 15 is 0 Å². The first-order valence-electron chi connectivity index (χ1n) is 8.25. The normalized spacial score (nSPS) is 37.9. The Hall–Kier alpha value is -0.860. The predicted octanol–water partition coefficient (Wildman–Crippen LogP) is 3.83. The van der Waals surface area contributed by atoms with Gasteiger partial charge in [-0.2, -0.15) is 0 Å². The molecular formula is C18H28N2. The van der Waals surface area contributed by atoms with Crippen molar-refractivity contribution in [2.45, 2.75) is 76.5 Å². The van der Waals surface area contributed by atoms with Crippen LogP contribution < -0.4 is 5.73 Å². The van der Waals surface area contributed by atoms with Crippen LogP contribution in [-0.4, -0.2) is 23.0 Å². The Morgan fingerprint density at radius 1 is 1.15 bits per heavy atom. The summed E-state index contributed by atoms with van der Waals surface area (Å²) in [5.41, 5.74) is 9.52. The summed E-state index contributed by atoms with van der Waals surface area (Å²) < 4.78 is 0. The van der Waals surface area contributed by atoms with Crippen molar-refractivity contribution in [3.63, 3.8) is 0 Å². The third kappa shape index (κ3) is 2.19. The molecule has 5 unspecified atom stereocenters. The molecule has 1 fully saturated rings. The molecule has 2 heteroatoms. The molecule has 5 atom stereocenters. The van der Waals surface area contributed by atoms with Gasteiger partial charge in [-0.15, -0.1) is 0 Å². The second-order valence-electron chi connectivity index (χ2n) is 6.79. The van der Waals surface area contributed by atoms with Crippen molar-refractivity contribution in [2.75, 3.05) is 0 Å². The van der Waals surface area contributed by atoms with Gasteiger partial charge >= 0.3 is 0 Å². The molecule has 3 rings (SSSR count). The van der Waals surface area contributed by atoms with Crippen LogP contribution in [0.1, 0.15) is 69.5 Å². The van der Waals surface area contributed by atoms with E-state index in [4.69, 9.17) is 5.73 Å². The van der Waals surface area contributed by atoms with E-state index in [0.717, 1.165) is 6.04 Å². The molecular weight excluding hydrogens is 244 g/mol. The highest BCUT2D eigenvalue weighted by molar-refractivity contribution is 5.36. The molecule has 1 aliphatic carbocycles. The van der Waals surface area contributed by atoms with E-state index in [-0.39, 0.29) is 6.04 Å². The minimum atomic E-state index is 0.178. The van der Waals surface area contributed by atoms with Crippen LogP contribution in [-0.2, 0) is 0 Å². The van der Waals surface area contributed by atoms with E-state index < -0.39 is 0 Å². The van der Waals surface area contributed by atoms with E-state index in [1.54, 1.807) is 0 Å². The van der Waals surface area contributed by atoms with Gasteiger partial charge in [0.05, 0.1) is 0 Å². The molecule has 0 aromatic heterocycles. The Kier molecular flexibility index (Phi) is 3.87. The zero-order valence-corrected chi connectivity index (χ0v) is 13.0. The average molecular weight is 272 g/mol. The van der Waals surface area contributed by atoms with Crippen molar-refractivity contribution in [1.29, 1.82) is 0 Å². The maximum Gasteiger partial charge on any atom is 0.0456 e. The number of rotatable bonds is 2. The molecule has 0 saturated carbocycles. The van der Waals surface area contributed by atoms with E-state index in [2.05, 4.69) is 49.9 Å². The molecule has 0 amide bonds. The van der Waals surface area contributed by atoms with E-state index in [1.807, 2.05) is 0 Å². The smallest absolute Gasteiger partial charge is 0.0456 e. The highest BCUT2D eigenvalue weighted by atomic mass is 15.2. The maximum absolute atomic E-state index is 6.67. The first-order chi connectivity index (χ1) is 9.63. The lowest BCUT2D eigenvalue weighted by Crippen LogP contribution is -2.50. The molecule has 1 aromatic carbocycles. The molecule has 20 heavy (non-hydrogen) atoms. The average Bonchev–Trinajstić information content (AvgIpc) is 2.84. The van der Waals surface area contributed by atoms with Gasteiger partial charge < -0.3 is 5.73 Å². The maximum atomic E-state index is 6.67. The van der Waals surface area contributed by atoms with Crippen LogP contribution in [0, 0.1) is 0 Å². The second-order valence-corrected chi connectivity index (χ2v) is 6.79. The number of nitrogens with two attached hydrogens (primary N) is 1. The Bertz CT molecular complexity index is 470. The van der Waals surface area contributed by atoms with Crippen molar-refractivity contribution in [1.82, 2.24) is 4.90 Å².